The van der Waals surface area contributed by atoms with Crippen molar-refractivity contribution in [3.63, 3.8) is 0 Å². The molecule has 1 rings (SSSR count). The molecule has 0 atom stereocenters. The molecule has 0 aliphatic carbocycles. The van der Waals surface area contributed by atoms with Gasteiger partial charge in [-0.05, 0) is 22.6 Å². The van der Waals surface area contributed by atoms with Crippen molar-refractivity contribution in [3.8, 4) is 5.88 Å². The smallest absolute Gasteiger partial charge is 0.464 e. The molecule has 18 heavy (non-hydrogen) atoms. The van der Waals surface area contributed by atoms with Crippen LogP contribution in [-0.4, -0.2) is 24.4 Å². The fourth-order valence-corrected chi connectivity index (χ4v) is 1.70. The van der Waals surface area contributed by atoms with Crippen LogP contribution in [0.1, 0.15) is 16.1 Å². The minimum atomic E-state index is -4.97. The zero-order valence-corrected chi connectivity index (χ0v) is 11.0. The first-order valence-corrected chi connectivity index (χ1v) is 5.45. The van der Waals surface area contributed by atoms with Crippen LogP contribution in [0.3, 0.4) is 0 Å². The maximum absolute atomic E-state index is 12.6. The van der Waals surface area contributed by atoms with E-state index in [4.69, 9.17) is 0 Å². The molecule has 0 aliphatic rings. The summed E-state index contributed by atoms with van der Waals surface area (Å²) in [6.07, 6.45) is -4.97. The van der Waals surface area contributed by atoms with Crippen molar-refractivity contribution in [1.82, 2.24) is 4.98 Å². The van der Waals surface area contributed by atoms with E-state index in [2.05, 4.69) is 14.5 Å². The van der Waals surface area contributed by atoms with Gasteiger partial charge in [-0.2, -0.15) is 0 Å². The van der Waals surface area contributed by atoms with Crippen LogP contribution >= 0.6 is 22.6 Å². The average molecular weight is 379 g/mol. The van der Waals surface area contributed by atoms with Crippen molar-refractivity contribution >= 4 is 28.6 Å². The summed E-state index contributed by atoms with van der Waals surface area (Å²) in [6.45, 7) is -1.06. The molecule has 9 heteroatoms. The summed E-state index contributed by atoms with van der Waals surface area (Å²) in [7, 11) is 1.03. The molecule has 1 heterocycles. The Balaban J connectivity index is 3.26. The van der Waals surface area contributed by atoms with E-state index >= 15 is 0 Å². The van der Waals surface area contributed by atoms with Crippen LogP contribution in [0.4, 0.5) is 17.6 Å². The summed E-state index contributed by atoms with van der Waals surface area (Å²) < 4.78 is 56.6. The Morgan fingerprint density at radius 2 is 2.11 bits per heavy atom. The number of rotatable bonds is 3. The standard InChI is InChI=1S/C9H6F4INO3/c1-17-8(16)7-6(14)4(3-10)2-5(15-7)18-9(11,12)13/h2H,3H2,1H3. The second kappa shape index (κ2) is 5.67. The molecule has 0 saturated heterocycles. The maximum atomic E-state index is 12.6. The molecular formula is C9H6F4INO3. The Labute approximate surface area is 112 Å². The van der Waals surface area contributed by atoms with E-state index < -0.39 is 30.6 Å². The van der Waals surface area contributed by atoms with Gasteiger partial charge in [-0.25, -0.2) is 14.2 Å². The van der Waals surface area contributed by atoms with E-state index in [9.17, 15) is 22.4 Å². The molecule has 1 aromatic heterocycles. The highest BCUT2D eigenvalue weighted by Crippen LogP contribution is 2.26. The molecule has 0 saturated carbocycles. The van der Waals surface area contributed by atoms with Crippen molar-refractivity contribution in [2.75, 3.05) is 7.11 Å². The van der Waals surface area contributed by atoms with Gasteiger partial charge in [0.1, 0.15) is 6.67 Å². The van der Waals surface area contributed by atoms with Crippen LogP contribution in [-0.2, 0) is 11.4 Å². The monoisotopic (exact) mass is 379 g/mol. The highest BCUT2D eigenvalue weighted by molar-refractivity contribution is 14.1. The number of carbonyl (C=O) groups is 1. The third kappa shape index (κ3) is 3.68. The fourth-order valence-electron chi connectivity index (χ4n) is 1.06. The van der Waals surface area contributed by atoms with Crippen LogP contribution in [0.25, 0.3) is 0 Å². The van der Waals surface area contributed by atoms with Gasteiger partial charge in [0, 0.05) is 11.6 Å². The van der Waals surface area contributed by atoms with Crippen molar-refractivity contribution in [2.45, 2.75) is 13.0 Å². The van der Waals surface area contributed by atoms with Gasteiger partial charge in [0.15, 0.2) is 5.69 Å². The van der Waals surface area contributed by atoms with Crippen molar-refractivity contribution < 1.29 is 31.8 Å². The third-order valence-electron chi connectivity index (χ3n) is 1.75. The van der Waals surface area contributed by atoms with Crippen molar-refractivity contribution in [2.24, 2.45) is 0 Å². The molecule has 0 aromatic carbocycles. The molecule has 100 valence electrons. The molecule has 0 spiro atoms. The van der Waals surface area contributed by atoms with E-state index in [1.165, 1.54) is 0 Å². The van der Waals surface area contributed by atoms with E-state index in [0.717, 1.165) is 13.2 Å². The summed E-state index contributed by atoms with van der Waals surface area (Å²) in [6, 6.07) is 0.779. The lowest BCUT2D eigenvalue weighted by Gasteiger charge is -2.11. The van der Waals surface area contributed by atoms with Crippen molar-refractivity contribution in [3.05, 3.63) is 20.9 Å². The normalized spacial score (nSPS) is 11.2. The molecule has 0 fully saturated rings. The maximum Gasteiger partial charge on any atom is 0.574 e. The molecule has 4 nitrogen and oxygen atoms in total. The SMILES string of the molecule is COC(=O)c1nc(OC(F)(F)F)cc(CF)c1I. The second-order valence-corrected chi connectivity index (χ2v) is 4.03. The van der Waals surface area contributed by atoms with Crippen LogP contribution < -0.4 is 4.74 Å². The summed E-state index contributed by atoms with van der Waals surface area (Å²) in [5.74, 6) is -1.88. The lowest BCUT2D eigenvalue weighted by Crippen LogP contribution is -2.19. The van der Waals surface area contributed by atoms with Gasteiger partial charge in [0.2, 0.25) is 5.88 Å². The first-order chi connectivity index (χ1) is 8.28. The van der Waals surface area contributed by atoms with Gasteiger partial charge in [0.05, 0.1) is 10.7 Å². The van der Waals surface area contributed by atoms with Gasteiger partial charge in [-0.1, -0.05) is 0 Å². The topological polar surface area (TPSA) is 48.4 Å². The van der Waals surface area contributed by atoms with Crippen LogP contribution in [0, 0.1) is 3.57 Å². The highest BCUT2D eigenvalue weighted by Gasteiger charge is 2.33. The number of hydrogen-bond acceptors (Lipinski definition) is 4. The number of nitrogens with zero attached hydrogens (tertiary/aromatic N) is 1. The molecule has 0 radical (unpaired) electrons. The van der Waals surface area contributed by atoms with E-state index in [0.29, 0.717) is 0 Å². The summed E-state index contributed by atoms with van der Waals surface area (Å²) in [4.78, 5) is 14.6. The number of halogens is 5. The molecule has 0 bridgehead atoms. The molecule has 1 aromatic rings. The first-order valence-electron chi connectivity index (χ1n) is 4.38. The number of hydrogen-bond donors (Lipinski definition) is 0. The largest absolute Gasteiger partial charge is 0.574 e. The van der Waals surface area contributed by atoms with Gasteiger partial charge < -0.3 is 9.47 Å². The van der Waals surface area contributed by atoms with Gasteiger partial charge >= 0.3 is 12.3 Å². The predicted octanol–water partition coefficient (Wildman–Crippen LogP) is 2.84. The number of methoxy groups -OCH3 is 1. The lowest BCUT2D eigenvalue weighted by atomic mass is 10.2. The van der Waals surface area contributed by atoms with Gasteiger partial charge in [-0.15, -0.1) is 13.2 Å². The Bertz CT molecular complexity index is 464. The second-order valence-electron chi connectivity index (χ2n) is 2.96. The number of alkyl halides is 4. The number of ether oxygens (including phenoxy) is 2. The molecule has 0 amide bonds. The van der Waals surface area contributed by atoms with Crippen LogP contribution in [0.2, 0.25) is 0 Å². The van der Waals surface area contributed by atoms with E-state index in [1.54, 1.807) is 22.6 Å². The minimum Gasteiger partial charge on any atom is -0.464 e. The third-order valence-corrected chi connectivity index (χ3v) is 2.96. The van der Waals surface area contributed by atoms with Crippen LogP contribution in [0.5, 0.6) is 5.88 Å². The zero-order valence-electron chi connectivity index (χ0n) is 8.85. The minimum absolute atomic E-state index is 0.0801. The first kappa shape index (κ1) is 14.9. The fraction of sp³-hybridized carbons (Fsp3) is 0.333. The summed E-state index contributed by atoms with van der Waals surface area (Å²) >= 11 is 1.59. The Kier molecular flexibility index (Phi) is 4.71. The number of pyridine rings is 1. The van der Waals surface area contributed by atoms with E-state index in [1.807, 2.05) is 0 Å². The molecule has 0 aliphatic heterocycles. The summed E-state index contributed by atoms with van der Waals surface area (Å²) in [5, 5.41) is 0. The quantitative estimate of drug-likeness (QED) is 0.461. The Morgan fingerprint density at radius 3 is 2.56 bits per heavy atom. The molecule has 0 unspecified atom stereocenters. The molecular weight excluding hydrogens is 373 g/mol. The van der Waals surface area contributed by atoms with Crippen LogP contribution in [0.15, 0.2) is 6.07 Å². The summed E-state index contributed by atoms with van der Waals surface area (Å²) in [5.41, 5.74) is -0.558. The zero-order chi connectivity index (χ0) is 13.9. The van der Waals surface area contributed by atoms with E-state index in [-0.39, 0.29) is 9.13 Å². The van der Waals surface area contributed by atoms with Gasteiger partial charge in [0.25, 0.3) is 0 Å². The number of esters is 1. The predicted molar refractivity (Wildman–Crippen MR) is 59.8 cm³/mol. The Hall–Kier alpha value is -1.13. The van der Waals surface area contributed by atoms with Crippen molar-refractivity contribution in [1.29, 1.82) is 0 Å². The average Bonchev–Trinajstić information content (AvgIpc) is 2.28. The van der Waals surface area contributed by atoms with Gasteiger partial charge in [-0.3, -0.25) is 0 Å². The molecule has 0 N–H and O–H groups in total. The highest BCUT2D eigenvalue weighted by atomic mass is 127. The Morgan fingerprint density at radius 1 is 1.50 bits per heavy atom. The number of carbonyl (C=O) groups excluding carboxylic acids is 1. The lowest BCUT2D eigenvalue weighted by molar-refractivity contribution is -0.276. The number of aromatic nitrogens is 1.